The Morgan fingerprint density at radius 2 is 1.24 bits per heavy atom. The predicted molar refractivity (Wildman–Crippen MR) is 404 cm³/mol. The highest BCUT2D eigenvalue weighted by molar-refractivity contribution is 7.44. The fourth-order valence-corrected chi connectivity index (χ4v) is 14.9. The monoisotopic (exact) mass is 1550 g/mol. The summed E-state index contributed by atoms with van der Waals surface area (Å²) >= 11 is 0. The fourth-order valence-electron chi connectivity index (χ4n) is 11.5. The lowest BCUT2D eigenvalue weighted by atomic mass is 9.77. The van der Waals surface area contributed by atoms with Gasteiger partial charge in [-0.05, 0) is 165 Å². The Kier molecular flexibility index (Phi) is 36.0. The molecule has 31 heteroatoms. The van der Waals surface area contributed by atoms with Crippen molar-refractivity contribution in [1.29, 1.82) is 5.26 Å². The van der Waals surface area contributed by atoms with E-state index in [2.05, 4.69) is 63.6 Å². The van der Waals surface area contributed by atoms with E-state index >= 15 is 0 Å². The SMILES string of the molecule is CC(=O)NCCCCCCOP(OCCC#N)N(C(C)C)C(C)C.CC(C)(C)C(=O)Oc1ccc2c(c1)Oc1cc(OC(=O)C(C)(C)C)ccc1C21OC(=O)c2ccccc21.[C-]#[N+]CCOP(OC1CC(n2cc(/C=C/C(=O)NCCCCCCNC(=O)C(F)(F)F)c(=O)[nH]c2=O)OC1CC)N(C(C)C)C(C)C. The first-order valence-corrected chi connectivity index (χ1v) is 38.9. The summed E-state index contributed by atoms with van der Waals surface area (Å²) in [5.74, 6) is -2.35. The molecule has 1 spiro atoms. The zero-order chi connectivity index (χ0) is 80.3. The van der Waals surface area contributed by atoms with Gasteiger partial charge in [0.05, 0.1) is 59.9 Å². The van der Waals surface area contributed by atoms with Crippen molar-refractivity contribution in [2.75, 3.05) is 46.0 Å². The topological polar surface area (TPSA) is 311 Å². The van der Waals surface area contributed by atoms with Crippen LogP contribution in [0.4, 0.5) is 13.2 Å². The molecule has 5 atom stereocenters. The van der Waals surface area contributed by atoms with Crippen LogP contribution in [0.2, 0.25) is 0 Å². The number of amides is 3. The Morgan fingerprint density at radius 3 is 1.76 bits per heavy atom. The molecule has 1 fully saturated rings. The molecule has 0 bridgehead atoms. The van der Waals surface area contributed by atoms with Gasteiger partial charge in [-0.2, -0.15) is 18.4 Å². The quantitative estimate of drug-likeness (QED) is 0.00830. The van der Waals surface area contributed by atoms with Gasteiger partial charge < -0.3 is 62.6 Å². The van der Waals surface area contributed by atoms with E-state index in [1.165, 1.54) is 29.8 Å². The van der Waals surface area contributed by atoms with Crippen molar-refractivity contribution in [3.63, 3.8) is 0 Å². The molecule has 3 aromatic carbocycles. The second-order valence-electron chi connectivity index (χ2n) is 29.1. The third kappa shape index (κ3) is 27.0. The van der Waals surface area contributed by atoms with Crippen molar-refractivity contribution in [1.82, 2.24) is 34.8 Å². The van der Waals surface area contributed by atoms with Crippen molar-refractivity contribution in [2.24, 2.45) is 10.8 Å². The van der Waals surface area contributed by atoms with Crippen LogP contribution < -0.4 is 41.4 Å². The third-order valence-electron chi connectivity index (χ3n) is 16.7. The predicted octanol–water partition coefficient (Wildman–Crippen LogP) is 14.4. The number of benzene rings is 3. The number of esters is 3. The summed E-state index contributed by atoms with van der Waals surface area (Å²) in [6.45, 7) is 40.3. The molecule has 1 aromatic heterocycles. The van der Waals surface area contributed by atoms with E-state index in [0.29, 0.717) is 122 Å². The van der Waals surface area contributed by atoms with Crippen LogP contribution in [0.15, 0.2) is 82.5 Å². The zero-order valence-corrected chi connectivity index (χ0v) is 66.8. The number of hydrogen-bond donors (Lipinski definition) is 4. The summed E-state index contributed by atoms with van der Waals surface area (Å²) in [7, 11) is -2.66. The first-order valence-electron chi connectivity index (χ1n) is 36.6. The normalized spacial score (nSPS) is 16.3. The Bertz CT molecular complexity index is 3800. The van der Waals surface area contributed by atoms with Crippen LogP contribution in [-0.4, -0.2) is 143 Å². The Hall–Kier alpha value is -7.95. The minimum atomic E-state index is -4.90. The molecule has 0 saturated carbocycles. The van der Waals surface area contributed by atoms with Gasteiger partial charge in [0, 0.05) is 98.2 Å². The summed E-state index contributed by atoms with van der Waals surface area (Å²) < 4.78 is 96.3. The molecule has 0 aliphatic carbocycles. The average Bonchev–Trinajstić information content (AvgIpc) is 1.55. The highest BCUT2D eigenvalue weighted by Gasteiger charge is 2.54. The summed E-state index contributed by atoms with van der Waals surface area (Å²) in [5, 5.41) is 16.0. The molecule has 3 aliphatic heterocycles. The number of carbonyl (C=O) groups is 6. The minimum absolute atomic E-state index is 0.0287. The third-order valence-corrected chi connectivity index (χ3v) is 21.0. The van der Waals surface area contributed by atoms with E-state index in [0.717, 1.165) is 32.2 Å². The van der Waals surface area contributed by atoms with Gasteiger partial charge in [-0.25, -0.2) is 25.5 Å². The smallest absolute Gasteiger partial charge is 0.456 e. The highest BCUT2D eigenvalue weighted by Crippen LogP contribution is 2.57. The van der Waals surface area contributed by atoms with Crippen LogP contribution in [0.25, 0.3) is 10.9 Å². The zero-order valence-electron chi connectivity index (χ0n) is 65.0. The minimum Gasteiger partial charge on any atom is -0.456 e. The first kappa shape index (κ1) is 90.7. The van der Waals surface area contributed by atoms with Gasteiger partial charge in [0.1, 0.15) is 35.8 Å². The molecule has 4 aromatic rings. The number of rotatable bonds is 35. The standard InChI is InChI=1S/C30H46F3N6O7P.C30H28O7.C17H34N3O3P/c1-7-23-24(46-47(44-17-16-34-6)39(20(2)3)21(4)5)18-26(45-23)38-19-22(27(41)37-29(38)43)12-13-25(40)35-14-10-8-9-11-15-36-28(42)30(31,32)33;1-28(2,3)26(32)34-17-11-13-21-23(15-17)36-24-16-18(35-27(33)29(4,5)6)12-14-22(24)30(21)20-10-8-7-9-19(20)25(31)37-30;1-15(2)20(16(3)4)24(23-14-10-11-18)22-13-9-7-6-8-12-19-17(5)21/h12-13,19-21,23-24,26H,7-11,14-18H2,1-5H3,(H,35,40)(H,36,42)(H,37,41,43);7-16H,1-6H3;15-16H,6-10,12-14H2,1-5H3,(H,19,21)/b13-12+;;. The van der Waals surface area contributed by atoms with Gasteiger partial charge in [0.15, 0.2) is 5.60 Å². The van der Waals surface area contributed by atoms with Crippen LogP contribution in [0.3, 0.4) is 0 Å². The molecule has 108 heavy (non-hydrogen) atoms. The summed E-state index contributed by atoms with van der Waals surface area (Å²) in [6.07, 6.45) is 4.91. The van der Waals surface area contributed by atoms with Crippen molar-refractivity contribution >= 4 is 58.8 Å². The van der Waals surface area contributed by atoms with Gasteiger partial charge in [0.2, 0.25) is 18.4 Å². The number of aromatic amines is 1. The van der Waals surface area contributed by atoms with E-state index in [-0.39, 0.29) is 49.4 Å². The van der Waals surface area contributed by atoms with Crippen LogP contribution >= 0.6 is 17.1 Å². The molecule has 3 amide bonds. The maximum atomic E-state index is 13.0. The second-order valence-corrected chi connectivity index (χ2v) is 31.9. The van der Waals surface area contributed by atoms with Crippen LogP contribution in [0, 0.1) is 28.7 Å². The average molecular weight is 1550 g/mol. The summed E-state index contributed by atoms with van der Waals surface area (Å²) in [5.41, 5.74) is -1.65. The Labute approximate surface area is 634 Å². The number of nitrogens with one attached hydrogen (secondary N) is 4. The Balaban J connectivity index is 0.000000306. The number of unbranched alkanes of at least 4 members (excludes halogenated alkanes) is 6. The molecular formula is C77H108F3N9O17P2. The maximum Gasteiger partial charge on any atom is 0.471 e. The largest absolute Gasteiger partial charge is 0.471 e. The van der Waals surface area contributed by atoms with E-state index in [4.69, 9.17) is 53.6 Å². The Morgan fingerprint density at radius 1 is 0.722 bits per heavy atom. The van der Waals surface area contributed by atoms with Gasteiger partial charge in [0.25, 0.3) is 22.6 Å². The number of nitriles is 1. The lowest BCUT2D eigenvalue weighted by Gasteiger charge is -2.37. The number of H-pyrrole nitrogens is 1. The molecule has 5 unspecified atom stereocenters. The van der Waals surface area contributed by atoms with Gasteiger partial charge >= 0.3 is 35.7 Å². The lowest BCUT2D eigenvalue weighted by molar-refractivity contribution is -0.173. The van der Waals surface area contributed by atoms with E-state index < -0.39 is 93.0 Å². The van der Waals surface area contributed by atoms with E-state index in [1.807, 2.05) is 52.1 Å². The van der Waals surface area contributed by atoms with Gasteiger partial charge in [-0.1, -0.05) is 50.8 Å². The van der Waals surface area contributed by atoms with Crippen molar-refractivity contribution < 1.29 is 83.7 Å². The number of ether oxygens (including phenoxy) is 5. The summed E-state index contributed by atoms with van der Waals surface area (Å²) in [6, 6.07) is 20.2. The molecule has 3 aliphatic rings. The maximum absolute atomic E-state index is 13.0. The van der Waals surface area contributed by atoms with Crippen molar-refractivity contribution in [3.05, 3.63) is 133 Å². The molecule has 594 valence electrons. The van der Waals surface area contributed by atoms with Gasteiger partial charge in [-0.3, -0.25) is 38.3 Å². The summed E-state index contributed by atoms with van der Waals surface area (Å²) in [4.78, 5) is 103. The van der Waals surface area contributed by atoms with Crippen LogP contribution in [0.1, 0.15) is 220 Å². The second kappa shape index (κ2) is 42.9. The number of alkyl halides is 3. The molecule has 4 N–H and O–H groups in total. The van der Waals surface area contributed by atoms with Gasteiger partial charge in [-0.15, -0.1) is 0 Å². The molecule has 7 rings (SSSR count). The molecule has 0 radical (unpaired) electrons. The number of halogens is 3. The molecule has 1 saturated heterocycles. The number of carbonyl (C=O) groups excluding carboxylic acids is 6. The van der Waals surface area contributed by atoms with Crippen molar-refractivity contribution in [3.8, 4) is 29.1 Å². The highest BCUT2D eigenvalue weighted by atomic mass is 31.2. The molecular weight excluding hydrogens is 1440 g/mol. The number of fused-ring (bicyclic) bond motifs is 6. The fraction of sp³-hybridized carbons (Fsp3) is 0.584. The van der Waals surface area contributed by atoms with Crippen LogP contribution in [-0.2, 0) is 57.1 Å². The lowest BCUT2D eigenvalue weighted by Crippen LogP contribution is -2.37. The van der Waals surface area contributed by atoms with E-state index in [1.54, 1.807) is 90.1 Å². The number of nitrogens with zero attached hydrogens (tertiary/aromatic N) is 5. The molecule has 26 nitrogen and oxygen atoms in total. The number of hydrogen-bond acceptors (Lipinski definition) is 20. The van der Waals surface area contributed by atoms with Crippen molar-refractivity contribution in [2.45, 2.75) is 236 Å². The molecule has 4 heterocycles. The van der Waals surface area contributed by atoms with Crippen LogP contribution in [0.5, 0.6) is 23.0 Å². The van der Waals surface area contributed by atoms with E-state index in [9.17, 15) is 51.5 Å². The first-order chi connectivity index (χ1) is 50.9. The number of aromatic nitrogens is 2.